The van der Waals surface area contributed by atoms with E-state index in [2.05, 4.69) is 5.32 Å². The minimum atomic E-state index is -0.578. The first-order chi connectivity index (χ1) is 8.86. The van der Waals surface area contributed by atoms with Crippen molar-refractivity contribution >= 4 is 17.6 Å². The van der Waals surface area contributed by atoms with E-state index in [1.807, 2.05) is 13.8 Å². The predicted molar refractivity (Wildman–Crippen MR) is 72.8 cm³/mol. The average Bonchev–Trinajstić information content (AvgIpc) is 2.69. The molecule has 1 amide bonds. The highest BCUT2D eigenvalue weighted by Gasteiger charge is 2.19. The molecule has 1 aromatic rings. The van der Waals surface area contributed by atoms with Gasteiger partial charge in [-0.05, 0) is 18.9 Å². The molecule has 1 atom stereocenters. The van der Waals surface area contributed by atoms with Crippen LogP contribution < -0.4 is 11.1 Å². The first-order valence-electron chi connectivity index (χ1n) is 6.26. The van der Waals surface area contributed by atoms with Gasteiger partial charge in [0.05, 0.1) is 18.3 Å². The Labute approximate surface area is 112 Å². The zero-order valence-corrected chi connectivity index (χ0v) is 11.8. The molecule has 0 unspecified atom stereocenters. The van der Waals surface area contributed by atoms with E-state index in [0.717, 1.165) is 0 Å². The molecular weight excluding hydrogens is 246 g/mol. The molecule has 0 saturated carbocycles. The molecule has 0 fully saturated rings. The number of aromatic nitrogens is 1. The third kappa shape index (κ3) is 3.82. The Bertz CT molecular complexity index is 466. The minimum absolute atomic E-state index is 0.0493. The quantitative estimate of drug-likeness (QED) is 0.783. The zero-order valence-electron chi connectivity index (χ0n) is 11.8. The fourth-order valence-corrected chi connectivity index (χ4v) is 1.57. The van der Waals surface area contributed by atoms with Gasteiger partial charge in [-0.15, -0.1) is 0 Å². The summed E-state index contributed by atoms with van der Waals surface area (Å²) >= 11 is 0. The van der Waals surface area contributed by atoms with Crippen LogP contribution in [0.2, 0.25) is 0 Å². The lowest BCUT2D eigenvalue weighted by atomic mass is 10.1. The molecule has 0 saturated heterocycles. The number of hydrogen-bond donors (Lipinski definition) is 2. The Morgan fingerprint density at radius 3 is 2.63 bits per heavy atom. The van der Waals surface area contributed by atoms with Gasteiger partial charge in [0.2, 0.25) is 5.91 Å². The topological polar surface area (TPSA) is 86.3 Å². The van der Waals surface area contributed by atoms with E-state index < -0.39 is 12.0 Å². The Morgan fingerprint density at radius 2 is 2.11 bits per heavy atom. The summed E-state index contributed by atoms with van der Waals surface area (Å²) in [5.41, 5.74) is 6.67. The number of nitrogens with two attached hydrogens (primary N) is 1. The molecular formula is C13H21N3O3. The van der Waals surface area contributed by atoms with Crippen molar-refractivity contribution in [3.63, 3.8) is 0 Å². The van der Waals surface area contributed by atoms with E-state index in [-0.39, 0.29) is 11.8 Å². The van der Waals surface area contributed by atoms with Crippen LogP contribution in [-0.2, 0) is 16.6 Å². The Balaban J connectivity index is 2.79. The molecule has 106 valence electrons. The second-order valence-corrected chi connectivity index (χ2v) is 4.70. The fourth-order valence-electron chi connectivity index (χ4n) is 1.57. The van der Waals surface area contributed by atoms with Crippen molar-refractivity contribution in [1.29, 1.82) is 0 Å². The summed E-state index contributed by atoms with van der Waals surface area (Å²) in [7, 11) is 1.71. The number of anilines is 1. The van der Waals surface area contributed by atoms with Crippen LogP contribution >= 0.6 is 0 Å². The van der Waals surface area contributed by atoms with Gasteiger partial charge < -0.3 is 20.4 Å². The molecule has 0 aromatic carbocycles. The van der Waals surface area contributed by atoms with Crippen LogP contribution in [0.25, 0.3) is 0 Å². The van der Waals surface area contributed by atoms with E-state index in [0.29, 0.717) is 18.0 Å². The maximum atomic E-state index is 11.8. The number of hydrogen-bond acceptors (Lipinski definition) is 4. The average molecular weight is 267 g/mol. The Morgan fingerprint density at radius 1 is 1.47 bits per heavy atom. The molecule has 0 radical (unpaired) electrons. The number of carbonyl (C=O) groups excluding carboxylic acids is 2. The summed E-state index contributed by atoms with van der Waals surface area (Å²) in [6.07, 6.45) is 1.65. The predicted octanol–water partition coefficient (Wildman–Crippen LogP) is 1.12. The number of rotatable bonds is 5. The van der Waals surface area contributed by atoms with Gasteiger partial charge in [0.25, 0.3) is 0 Å². The number of esters is 1. The van der Waals surface area contributed by atoms with E-state index in [9.17, 15) is 9.59 Å². The highest BCUT2D eigenvalue weighted by atomic mass is 16.5. The van der Waals surface area contributed by atoms with Gasteiger partial charge in [-0.3, -0.25) is 4.79 Å². The third-order valence-corrected chi connectivity index (χ3v) is 2.78. The first kappa shape index (κ1) is 15.2. The monoisotopic (exact) mass is 267 g/mol. The van der Waals surface area contributed by atoms with Gasteiger partial charge >= 0.3 is 5.97 Å². The fraction of sp³-hybridized carbons (Fsp3) is 0.538. The van der Waals surface area contributed by atoms with Crippen LogP contribution in [0.5, 0.6) is 0 Å². The number of nitrogens with zero attached hydrogens (tertiary/aromatic N) is 1. The van der Waals surface area contributed by atoms with Crippen molar-refractivity contribution in [2.45, 2.75) is 26.8 Å². The third-order valence-electron chi connectivity index (χ3n) is 2.78. The molecule has 6 heteroatoms. The molecule has 3 N–H and O–H groups in total. The van der Waals surface area contributed by atoms with Crippen LogP contribution in [0.1, 0.15) is 31.3 Å². The summed E-state index contributed by atoms with van der Waals surface area (Å²) < 4.78 is 6.52. The normalized spacial score (nSPS) is 12.3. The van der Waals surface area contributed by atoms with Gasteiger partial charge in [0.15, 0.2) is 0 Å². The number of aryl methyl sites for hydroxylation is 1. The zero-order chi connectivity index (χ0) is 14.6. The summed E-state index contributed by atoms with van der Waals surface area (Å²) in [4.78, 5) is 23.4. The second-order valence-electron chi connectivity index (χ2n) is 4.70. The van der Waals surface area contributed by atoms with Gasteiger partial charge in [0.1, 0.15) is 5.69 Å². The lowest BCUT2D eigenvalue weighted by Gasteiger charge is -2.14. The molecule has 6 nitrogen and oxygen atoms in total. The van der Waals surface area contributed by atoms with Gasteiger partial charge in [-0.25, -0.2) is 4.79 Å². The van der Waals surface area contributed by atoms with Crippen LogP contribution in [-0.4, -0.2) is 29.1 Å². The molecule has 0 aliphatic rings. The number of amides is 1. The summed E-state index contributed by atoms with van der Waals surface area (Å²) in [6, 6.07) is 0.995. The lowest BCUT2D eigenvalue weighted by Crippen LogP contribution is -2.39. The smallest absolute Gasteiger partial charge is 0.355 e. The highest BCUT2D eigenvalue weighted by Crippen LogP contribution is 2.14. The maximum Gasteiger partial charge on any atom is 0.355 e. The summed E-state index contributed by atoms with van der Waals surface area (Å²) in [5.74, 6) is -0.636. The molecule has 0 spiro atoms. The van der Waals surface area contributed by atoms with Crippen LogP contribution in [0.3, 0.4) is 0 Å². The van der Waals surface area contributed by atoms with Crippen molar-refractivity contribution < 1.29 is 14.3 Å². The number of ether oxygens (including phenoxy) is 1. The molecule has 0 aliphatic carbocycles. The van der Waals surface area contributed by atoms with Crippen LogP contribution in [0.15, 0.2) is 12.3 Å². The van der Waals surface area contributed by atoms with Crippen LogP contribution in [0.4, 0.5) is 5.69 Å². The molecule has 1 heterocycles. The van der Waals surface area contributed by atoms with Crippen molar-refractivity contribution in [2.75, 3.05) is 11.9 Å². The van der Waals surface area contributed by atoms with E-state index in [1.165, 1.54) is 0 Å². The lowest BCUT2D eigenvalue weighted by molar-refractivity contribution is -0.118. The molecule has 19 heavy (non-hydrogen) atoms. The van der Waals surface area contributed by atoms with Crippen molar-refractivity contribution in [1.82, 2.24) is 4.57 Å². The van der Waals surface area contributed by atoms with Crippen LogP contribution in [0, 0.1) is 5.92 Å². The molecule has 0 aliphatic heterocycles. The summed E-state index contributed by atoms with van der Waals surface area (Å²) in [5, 5.41) is 2.69. The van der Waals surface area contributed by atoms with Crippen molar-refractivity contribution in [3.05, 3.63) is 18.0 Å². The molecule has 0 bridgehead atoms. The minimum Gasteiger partial charge on any atom is -0.461 e. The second kappa shape index (κ2) is 6.38. The van der Waals surface area contributed by atoms with Gasteiger partial charge in [-0.2, -0.15) is 0 Å². The standard InChI is InChI=1S/C13H21N3O3/c1-5-19-13(18)10-6-9(7-16(10)4)15-12(17)11(14)8(2)3/h6-8,11H,5,14H2,1-4H3,(H,15,17)/t11-/m0/s1. The van der Waals surface area contributed by atoms with E-state index in [1.54, 1.807) is 30.8 Å². The number of carbonyl (C=O) groups is 2. The van der Waals surface area contributed by atoms with Crippen molar-refractivity contribution in [2.24, 2.45) is 18.7 Å². The first-order valence-corrected chi connectivity index (χ1v) is 6.26. The Kier molecular flexibility index (Phi) is 5.11. The van der Waals surface area contributed by atoms with Gasteiger partial charge in [0, 0.05) is 13.2 Å². The van der Waals surface area contributed by atoms with Crippen molar-refractivity contribution in [3.8, 4) is 0 Å². The van der Waals surface area contributed by atoms with E-state index >= 15 is 0 Å². The largest absolute Gasteiger partial charge is 0.461 e. The molecule has 1 aromatic heterocycles. The SMILES string of the molecule is CCOC(=O)c1cc(NC(=O)[C@@H](N)C(C)C)cn1C. The van der Waals surface area contributed by atoms with E-state index in [4.69, 9.17) is 10.5 Å². The summed E-state index contributed by atoms with van der Waals surface area (Å²) in [6.45, 7) is 5.80. The molecule has 1 rings (SSSR count). The maximum absolute atomic E-state index is 11.8. The Hall–Kier alpha value is -1.82. The van der Waals surface area contributed by atoms with Gasteiger partial charge in [-0.1, -0.05) is 13.8 Å². The number of nitrogens with one attached hydrogen (secondary N) is 1. The highest BCUT2D eigenvalue weighted by molar-refractivity contribution is 5.96.